The quantitative estimate of drug-likeness (QED) is 0.554. The summed E-state index contributed by atoms with van der Waals surface area (Å²) >= 11 is 5.81. The van der Waals surface area contributed by atoms with Gasteiger partial charge in [0.1, 0.15) is 17.9 Å². The summed E-state index contributed by atoms with van der Waals surface area (Å²) in [5, 5.41) is 22.0. The molecule has 0 amide bonds. The van der Waals surface area contributed by atoms with Crippen LogP contribution in [0.2, 0.25) is 5.02 Å². The van der Waals surface area contributed by atoms with Gasteiger partial charge in [0.15, 0.2) is 5.75 Å². The standard InChI is InChI=1S/C15H10ClF3N2O5/c16-8-1-3-11(20-7-14(22)23)13(5-8)26-12-4-2-9(21(24)25)6-10(12)15(17,18)19/h1-6,20H,7H2,(H,22,23). The SMILES string of the molecule is O=C(O)CNc1ccc(Cl)cc1Oc1ccc([N+](=O)[O-])cc1C(F)(F)F. The lowest BCUT2D eigenvalue weighted by Gasteiger charge is -2.16. The van der Waals surface area contributed by atoms with Crippen molar-refractivity contribution in [2.45, 2.75) is 6.18 Å². The smallest absolute Gasteiger partial charge is 0.420 e. The van der Waals surface area contributed by atoms with E-state index in [9.17, 15) is 28.1 Å². The summed E-state index contributed by atoms with van der Waals surface area (Å²) < 4.78 is 44.9. The fourth-order valence-corrected chi connectivity index (χ4v) is 2.12. The first-order valence-electron chi connectivity index (χ1n) is 6.86. The Morgan fingerprint density at radius 3 is 2.50 bits per heavy atom. The van der Waals surface area contributed by atoms with Crippen LogP contribution < -0.4 is 10.1 Å². The Kier molecular flexibility index (Phi) is 5.56. The van der Waals surface area contributed by atoms with Crippen LogP contribution in [0.4, 0.5) is 24.5 Å². The average Bonchev–Trinajstić information content (AvgIpc) is 2.53. The molecule has 0 aliphatic heterocycles. The van der Waals surface area contributed by atoms with Crippen molar-refractivity contribution in [2.24, 2.45) is 0 Å². The summed E-state index contributed by atoms with van der Waals surface area (Å²) in [4.78, 5) is 20.4. The molecule has 7 nitrogen and oxygen atoms in total. The van der Waals surface area contributed by atoms with E-state index in [0.717, 1.165) is 12.1 Å². The number of carboxylic acid groups (broad SMARTS) is 1. The number of nitro benzene ring substituents is 1. The van der Waals surface area contributed by atoms with Gasteiger partial charge in [-0.25, -0.2) is 0 Å². The van der Waals surface area contributed by atoms with Gasteiger partial charge >= 0.3 is 12.1 Å². The van der Waals surface area contributed by atoms with Crippen LogP contribution in [-0.4, -0.2) is 22.5 Å². The van der Waals surface area contributed by atoms with E-state index < -0.39 is 40.6 Å². The van der Waals surface area contributed by atoms with Gasteiger partial charge in [0.25, 0.3) is 5.69 Å². The molecule has 0 fully saturated rings. The predicted molar refractivity (Wildman–Crippen MR) is 85.7 cm³/mol. The molecular weight excluding hydrogens is 381 g/mol. The molecule has 2 N–H and O–H groups in total. The van der Waals surface area contributed by atoms with Gasteiger partial charge in [0.05, 0.1) is 10.6 Å². The number of nitrogens with one attached hydrogen (secondary N) is 1. The zero-order valence-corrected chi connectivity index (χ0v) is 13.5. The second kappa shape index (κ2) is 7.48. The third kappa shape index (κ3) is 4.76. The van der Waals surface area contributed by atoms with Crippen molar-refractivity contribution < 1.29 is 32.7 Å². The monoisotopic (exact) mass is 390 g/mol. The van der Waals surface area contributed by atoms with E-state index >= 15 is 0 Å². The molecule has 0 saturated carbocycles. The van der Waals surface area contributed by atoms with Crippen molar-refractivity contribution in [3.05, 3.63) is 57.1 Å². The first-order valence-corrected chi connectivity index (χ1v) is 7.24. The van der Waals surface area contributed by atoms with Crippen molar-refractivity contribution >= 4 is 28.9 Å². The Morgan fingerprint density at radius 2 is 1.92 bits per heavy atom. The molecule has 0 unspecified atom stereocenters. The molecule has 11 heteroatoms. The van der Waals surface area contributed by atoms with Crippen LogP contribution >= 0.6 is 11.6 Å². The molecule has 2 aromatic carbocycles. The Hall–Kier alpha value is -3.01. The lowest BCUT2D eigenvalue weighted by Crippen LogP contribution is -2.13. The number of benzene rings is 2. The van der Waals surface area contributed by atoms with Crippen molar-refractivity contribution in [1.29, 1.82) is 0 Å². The minimum Gasteiger partial charge on any atom is -0.480 e. The largest absolute Gasteiger partial charge is 0.480 e. The molecule has 0 aliphatic carbocycles. The van der Waals surface area contributed by atoms with Crippen LogP contribution in [0.25, 0.3) is 0 Å². The summed E-state index contributed by atoms with van der Waals surface area (Å²) in [6.45, 7) is -0.510. The highest BCUT2D eigenvalue weighted by atomic mass is 35.5. The first-order chi connectivity index (χ1) is 12.1. The molecule has 0 saturated heterocycles. The molecule has 0 bridgehead atoms. The van der Waals surface area contributed by atoms with Crippen LogP contribution in [0.15, 0.2) is 36.4 Å². The van der Waals surface area contributed by atoms with Crippen molar-refractivity contribution in [3.63, 3.8) is 0 Å². The number of hydrogen-bond donors (Lipinski definition) is 2. The molecule has 138 valence electrons. The molecule has 0 atom stereocenters. The second-order valence-electron chi connectivity index (χ2n) is 4.93. The number of rotatable bonds is 6. The van der Waals surface area contributed by atoms with E-state index in [1.165, 1.54) is 18.2 Å². The number of ether oxygens (including phenoxy) is 1. The maximum Gasteiger partial charge on any atom is 0.420 e. The number of hydrogen-bond acceptors (Lipinski definition) is 5. The van der Waals surface area contributed by atoms with Crippen molar-refractivity contribution in [2.75, 3.05) is 11.9 Å². The summed E-state index contributed by atoms with van der Waals surface area (Å²) in [6, 6.07) is 5.93. The van der Waals surface area contributed by atoms with Crippen LogP contribution in [0, 0.1) is 10.1 Å². The molecule has 2 aromatic rings. The lowest BCUT2D eigenvalue weighted by atomic mass is 10.1. The molecule has 0 aromatic heterocycles. The molecule has 2 rings (SSSR count). The van der Waals surface area contributed by atoms with E-state index in [4.69, 9.17) is 21.4 Å². The Labute approximate surface area is 149 Å². The van der Waals surface area contributed by atoms with Crippen LogP contribution in [0.5, 0.6) is 11.5 Å². The Balaban J connectivity index is 2.46. The first kappa shape index (κ1) is 19.3. The number of nitrogens with zero attached hydrogens (tertiary/aromatic N) is 1. The third-order valence-electron chi connectivity index (χ3n) is 3.07. The minimum atomic E-state index is -4.91. The van der Waals surface area contributed by atoms with Crippen molar-refractivity contribution in [1.82, 2.24) is 0 Å². The lowest BCUT2D eigenvalue weighted by molar-refractivity contribution is -0.385. The van der Waals surface area contributed by atoms with E-state index in [0.29, 0.717) is 6.07 Å². The number of carboxylic acids is 1. The normalized spacial score (nSPS) is 11.1. The number of carbonyl (C=O) groups is 1. The fourth-order valence-electron chi connectivity index (χ4n) is 1.96. The fraction of sp³-hybridized carbons (Fsp3) is 0.133. The number of halogens is 4. The van der Waals surface area contributed by atoms with Gasteiger partial charge < -0.3 is 15.2 Å². The maximum absolute atomic E-state index is 13.2. The number of non-ortho nitro benzene ring substituents is 1. The number of alkyl halides is 3. The van der Waals surface area contributed by atoms with Gasteiger partial charge in [-0.15, -0.1) is 0 Å². The van der Waals surface area contributed by atoms with E-state index in [2.05, 4.69) is 5.32 Å². The summed E-state index contributed by atoms with van der Waals surface area (Å²) in [6.07, 6.45) is -4.91. The summed E-state index contributed by atoms with van der Waals surface area (Å²) in [7, 11) is 0. The molecule has 26 heavy (non-hydrogen) atoms. The van der Waals surface area contributed by atoms with E-state index in [1.807, 2.05) is 0 Å². The molecule has 0 aliphatic rings. The number of anilines is 1. The van der Waals surface area contributed by atoms with Gasteiger partial charge in [0, 0.05) is 23.2 Å². The van der Waals surface area contributed by atoms with Crippen LogP contribution in [0.3, 0.4) is 0 Å². The molecular formula is C15H10ClF3N2O5. The zero-order valence-electron chi connectivity index (χ0n) is 12.7. The van der Waals surface area contributed by atoms with Gasteiger partial charge in [-0.2, -0.15) is 13.2 Å². The van der Waals surface area contributed by atoms with Crippen molar-refractivity contribution in [3.8, 4) is 11.5 Å². The predicted octanol–water partition coefficient (Wildman–Crippen LogP) is 4.56. The second-order valence-corrected chi connectivity index (χ2v) is 5.36. The highest BCUT2D eigenvalue weighted by molar-refractivity contribution is 6.30. The average molecular weight is 391 g/mol. The number of nitro groups is 1. The van der Waals surface area contributed by atoms with Gasteiger partial charge in [-0.1, -0.05) is 11.6 Å². The topological polar surface area (TPSA) is 102 Å². The van der Waals surface area contributed by atoms with Crippen LogP contribution in [0.1, 0.15) is 5.56 Å². The Bertz CT molecular complexity index is 858. The Morgan fingerprint density at radius 1 is 1.23 bits per heavy atom. The maximum atomic E-state index is 13.2. The highest BCUT2D eigenvalue weighted by Crippen LogP contribution is 2.41. The summed E-state index contributed by atoms with van der Waals surface area (Å²) in [5.74, 6) is -2.06. The van der Waals surface area contributed by atoms with Crippen LogP contribution in [-0.2, 0) is 11.0 Å². The van der Waals surface area contributed by atoms with E-state index in [1.54, 1.807) is 0 Å². The van der Waals surface area contributed by atoms with Gasteiger partial charge in [0.2, 0.25) is 0 Å². The van der Waals surface area contributed by atoms with Gasteiger partial charge in [-0.05, 0) is 18.2 Å². The molecule has 0 radical (unpaired) electrons. The zero-order chi connectivity index (χ0) is 19.5. The number of aliphatic carboxylic acids is 1. The van der Waals surface area contributed by atoms with E-state index in [-0.39, 0.29) is 16.5 Å². The third-order valence-corrected chi connectivity index (χ3v) is 3.31. The van der Waals surface area contributed by atoms with Gasteiger partial charge in [-0.3, -0.25) is 14.9 Å². The highest BCUT2D eigenvalue weighted by Gasteiger charge is 2.36. The molecule has 0 heterocycles. The molecule has 0 spiro atoms. The minimum absolute atomic E-state index is 0.0864. The summed E-state index contributed by atoms with van der Waals surface area (Å²) in [5.41, 5.74) is -2.01.